The van der Waals surface area contributed by atoms with Gasteiger partial charge in [-0.15, -0.1) is 0 Å². The molecular formula is C30H39N7O3. The lowest BCUT2D eigenvalue weighted by atomic mass is 10.1. The highest BCUT2D eigenvalue weighted by Crippen LogP contribution is 2.28. The first kappa shape index (κ1) is 26.6. The van der Waals surface area contributed by atoms with Crippen LogP contribution >= 0.6 is 0 Å². The van der Waals surface area contributed by atoms with Gasteiger partial charge in [-0.2, -0.15) is 9.61 Å². The predicted molar refractivity (Wildman–Crippen MR) is 155 cm³/mol. The molecule has 0 bridgehead atoms. The number of nitrogens with one attached hydrogen (secondary N) is 2. The van der Waals surface area contributed by atoms with E-state index in [9.17, 15) is 9.59 Å². The number of rotatable bonds is 6. The first-order chi connectivity index (χ1) is 19.5. The minimum Gasteiger partial charge on any atom is -0.376 e. The molecule has 2 N–H and O–H groups in total. The van der Waals surface area contributed by atoms with Gasteiger partial charge < -0.3 is 25.2 Å². The SMILES string of the molecule is CC1CCCCCN1C(=O)c1cc(N2CCCC2)n2nc(-c3ccc(NC(=O)NCC4CCCO4)cc3)cc2n1. The van der Waals surface area contributed by atoms with Gasteiger partial charge in [-0.25, -0.2) is 9.78 Å². The Labute approximate surface area is 235 Å². The van der Waals surface area contributed by atoms with E-state index in [2.05, 4.69) is 22.5 Å². The highest BCUT2D eigenvalue weighted by Gasteiger charge is 2.27. The number of nitrogens with zero attached hydrogens (tertiary/aromatic N) is 5. The third kappa shape index (κ3) is 5.77. The molecule has 0 saturated carbocycles. The summed E-state index contributed by atoms with van der Waals surface area (Å²) in [4.78, 5) is 35.1. The van der Waals surface area contributed by atoms with Crippen LogP contribution in [0.4, 0.5) is 16.3 Å². The van der Waals surface area contributed by atoms with E-state index in [0.717, 1.165) is 88.3 Å². The lowest BCUT2D eigenvalue weighted by Crippen LogP contribution is -2.39. The van der Waals surface area contributed by atoms with Gasteiger partial charge in [0.05, 0.1) is 11.8 Å². The summed E-state index contributed by atoms with van der Waals surface area (Å²) in [5, 5.41) is 10.7. The number of amides is 3. The van der Waals surface area contributed by atoms with E-state index in [1.54, 1.807) is 0 Å². The lowest BCUT2D eigenvalue weighted by molar-refractivity contribution is 0.0692. The van der Waals surface area contributed by atoms with Crippen LogP contribution in [0.5, 0.6) is 0 Å². The Balaban J connectivity index is 1.23. The molecule has 3 fully saturated rings. The normalized spacial score (nSPS) is 21.5. The Hall–Kier alpha value is -3.66. The third-order valence-corrected chi connectivity index (χ3v) is 8.32. The molecule has 3 saturated heterocycles. The van der Waals surface area contributed by atoms with Gasteiger partial charge in [0.2, 0.25) is 0 Å². The number of hydrogen-bond donors (Lipinski definition) is 2. The molecule has 2 unspecified atom stereocenters. The summed E-state index contributed by atoms with van der Waals surface area (Å²) in [5.41, 5.74) is 3.55. The summed E-state index contributed by atoms with van der Waals surface area (Å²) >= 11 is 0. The summed E-state index contributed by atoms with van der Waals surface area (Å²) < 4.78 is 7.43. The highest BCUT2D eigenvalue weighted by atomic mass is 16.5. The second kappa shape index (κ2) is 11.8. The van der Waals surface area contributed by atoms with Crippen molar-refractivity contribution >= 4 is 29.1 Å². The molecule has 6 rings (SSSR count). The Morgan fingerprint density at radius 3 is 2.55 bits per heavy atom. The molecule has 3 aromatic rings. The Bertz CT molecular complexity index is 1340. The quantitative estimate of drug-likeness (QED) is 0.465. The van der Waals surface area contributed by atoms with Crippen molar-refractivity contribution in [2.45, 2.75) is 70.4 Å². The fourth-order valence-electron chi connectivity index (χ4n) is 6.02. The molecule has 40 heavy (non-hydrogen) atoms. The van der Waals surface area contributed by atoms with Crippen LogP contribution in [0.25, 0.3) is 16.9 Å². The minimum absolute atomic E-state index is 0.00768. The molecule has 3 amide bonds. The van der Waals surface area contributed by atoms with E-state index in [1.807, 2.05) is 45.8 Å². The fourth-order valence-corrected chi connectivity index (χ4v) is 6.02. The molecule has 2 aromatic heterocycles. The molecule has 2 atom stereocenters. The maximum absolute atomic E-state index is 13.7. The first-order valence-electron chi connectivity index (χ1n) is 14.8. The lowest BCUT2D eigenvalue weighted by Gasteiger charge is -2.27. The van der Waals surface area contributed by atoms with Crippen LogP contribution in [-0.2, 0) is 4.74 Å². The number of benzene rings is 1. The van der Waals surface area contributed by atoms with Crippen LogP contribution in [0.1, 0.15) is 68.8 Å². The Morgan fingerprint density at radius 2 is 1.77 bits per heavy atom. The van der Waals surface area contributed by atoms with E-state index < -0.39 is 0 Å². The summed E-state index contributed by atoms with van der Waals surface area (Å²) in [6.45, 7) is 6.09. The monoisotopic (exact) mass is 545 g/mol. The van der Waals surface area contributed by atoms with Gasteiger partial charge in [0.15, 0.2) is 5.65 Å². The molecule has 3 aliphatic rings. The molecule has 0 aliphatic carbocycles. The van der Waals surface area contributed by atoms with Crippen molar-refractivity contribution in [3.8, 4) is 11.3 Å². The smallest absolute Gasteiger partial charge is 0.319 e. The largest absolute Gasteiger partial charge is 0.376 e. The second-order valence-electron chi connectivity index (χ2n) is 11.2. The molecule has 1 aromatic carbocycles. The number of hydrogen-bond acceptors (Lipinski definition) is 6. The molecule has 0 radical (unpaired) electrons. The van der Waals surface area contributed by atoms with Gasteiger partial charge in [0.1, 0.15) is 11.5 Å². The van der Waals surface area contributed by atoms with Crippen LogP contribution in [0.2, 0.25) is 0 Å². The number of likely N-dealkylation sites (tertiary alicyclic amines) is 1. The van der Waals surface area contributed by atoms with Crippen molar-refractivity contribution in [3.63, 3.8) is 0 Å². The number of anilines is 2. The first-order valence-corrected chi connectivity index (χ1v) is 14.8. The molecule has 212 valence electrons. The van der Waals surface area contributed by atoms with Crippen LogP contribution < -0.4 is 15.5 Å². The van der Waals surface area contributed by atoms with E-state index in [4.69, 9.17) is 14.8 Å². The van der Waals surface area contributed by atoms with Gasteiger partial charge >= 0.3 is 6.03 Å². The number of fused-ring (bicyclic) bond motifs is 1. The highest BCUT2D eigenvalue weighted by molar-refractivity contribution is 5.94. The van der Waals surface area contributed by atoms with Gasteiger partial charge in [-0.1, -0.05) is 25.0 Å². The maximum Gasteiger partial charge on any atom is 0.319 e. The standard InChI is InChI=1S/C30H39N7O3/c1-21-8-3-2-4-16-36(21)29(38)26-19-28(35-14-5-6-15-35)37-27(33-26)18-25(34-37)22-10-12-23(13-11-22)32-30(39)31-20-24-9-7-17-40-24/h10-13,18-19,21,24H,2-9,14-17,20H2,1H3,(H2,31,32,39). The van der Waals surface area contributed by atoms with Crippen LogP contribution in [0, 0.1) is 0 Å². The summed E-state index contributed by atoms with van der Waals surface area (Å²) in [6, 6.07) is 11.5. The zero-order chi connectivity index (χ0) is 27.5. The van der Waals surface area contributed by atoms with Crippen LogP contribution in [0.15, 0.2) is 36.4 Å². The molecule has 10 heteroatoms. The van der Waals surface area contributed by atoms with E-state index in [1.165, 1.54) is 6.42 Å². The molecule has 0 spiro atoms. The third-order valence-electron chi connectivity index (χ3n) is 8.32. The van der Waals surface area contributed by atoms with E-state index in [0.29, 0.717) is 23.6 Å². The number of ether oxygens (including phenoxy) is 1. The van der Waals surface area contributed by atoms with Gasteiger partial charge in [-0.3, -0.25) is 4.79 Å². The number of carbonyl (C=O) groups excluding carboxylic acids is 2. The van der Waals surface area contributed by atoms with E-state index >= 15 is 0 Å². The van der Waals surface area contributed by atoms with Gasteiger partial charge in [-0.05, 0) is 57.6 Å². The summed E-state index contributed by atoms with van der Waals surface area (Å²) in [7, 11) is 0. The summed E-state index contributed by atoms with van der Waals surface area (Å²) in [5.74, 6) is 0.925. The van der Waals surface area contributed by atoms with Gasteiger partial charge in [0.25, 0.3) is 5.91 Å². The topological polar surface area (TPSA) is 104 Å². The Kier molecular flexibility index (Phi) is 7.86. The Morgan fingerprint density at radius 1 is 0.975 bits per heavy atom. The fraction of sp³-hybridized carbons (Fsp3) is 0.533. The average Bonchev–Trinajstić information content (AvgIpc) is 3.73. The summed E-state index contributed by atoms with van der Waals surface area (Å²) in [6.07, 6.45) is 8.78. The van der Waals surface area contributed by atoms with Crippen LogP contribution in [0.3, 0.4) is 0 Å². The number of aromatic nitrogens is 3. The number of urea groups is 1. The van der Waals surface area contributed by atoms with E-state index in [-0.39, 0.29) is 24.1 Å². The molecule has 5 heterocycles. The predicted octanol–water partition coefficient (Wildman–Crippen LogP) is 4.70. The molecular weight excluding hydrogens is 506 g/mol. The zero-order valence-electron chi connectivity index (χ0n) is 23.3. The average molecular weight is 546 g/mol. The molecule has 3 aliphatic heterocycles. The van der Waals surface area contributed by atoms with Crippen molar-refractivity contribution in [1.29, 1.82) is 0 Å². The van der Waals surface area contributed by atoms with Crippen molar-refractivity contribution in [1.82, 2.24) is 24.8 Å². The molecule has 10 nitrogen and oxygen atoms in total. The van der Waals surface area contributed by atoms with Crippen molar-refractivity contribution in [2.75, 3.05) is 43.0 Å². The van der Waals surface area contributed by atoms with Crippen molar-refractivity contribution in [2.24, 2.45) is 0 Å². The number of carbonyl (C=O) groups is 2. The minimum atomic E-state index is -0.244. The van der Waals surface area contributed by atoms with Crippen molar-refractivity contribution < 1.29 is 14.3 Å². The second-order valence-corrected chi connectivity index (χ2v) is 11.2. The maximum atomic E-state index is 13.7. The van der Waals surface area contributed by atoms with Crippen molar-refractivity contribution in [3.05, 3.63) is 42.1 Å². The van der Waals surface area contributed by atoms with Gasteiger partial charge in [0, 0.05) is 62.2 Å². The zero-order valence-corrected chi connectivity index (χ0v) is 23.3. The van der Waals surface area contributed by atoms with Crippen LogP contribution in [-0.4, -0.2) is 76.4 Å².